The zero-order valence-corrected chi connectivity index (χ0v) is 26.0. The highest BCUT2D eigenvalue weighted by molar-refractivity contribution is 6.35. The second-order valence-electron chi connectivity index (χ2n) is 10.4. The minimum absolute atomic E-state index is 0.0837. The molecule has 0 saturated carbocycles. The lowest BCUT2D eigenvalue weighted by Crippen LogP contribution is -2.32. The molecular weight excluding hydrogens is 570 g/mol. The van der Waals surface area contributed by atoms with Crippen LogP contribution in [0.15, 0.2) is 60.7 Å². The van der Waals surface area contributed by atoms with Crippen LogP contribution in [0.25, 0.3) is 11.0 Å². The van der Waals surface area contributed by atoms with Gasteiger partial charge in [0.15, 0.2) is 18.1 Å². The molecular formula is C33H38ClN3O6. The van der Waals surface area contributed by atoms with Crippen molar-refractivity contribution in [2.45, 2.75) is 46.7 Å². The van der Waals surface area contributed by atoms with Crippen molar-refractivity contribution in [2.24, 2.45) is 5.92 Å². The zero-order valence-electron chi connectivity index (χ0n) is 25.3. The number of amides is 1. The number of benzene rings is 3. The Balaban J connectivity index is 1.76. The maximum atomic E-state index is 13.8. The lowest BCUT2D eigenvalue weighted by Gasteiger charge is -2.26. The second-order valence-corrected chi connectivity index (χ2v) is 10.7. The normalized spacial score (nSPS) is 11.0. The smallest absolute Gasteiger partial charge is 0.344 e. The minimum atomic E-state index is -0.437. The number of hydrogen-bond donors (Lipinski definition) is 0. The van der Waals surface area contributed by atoms with E-state index in [1.165, 1.54) is 14.2 Å². The molecule has 0 aliphatic rings. The number of carbonyl (C=O) groups excluding carboxylic acids is 2. The molecule has 4 aromatic rings. The fourth-order valence-electron chi connectivity index (χ4n) is 4.79. The molecule has 4 rings (SSSR count). The van der Waals surface area contributed by atoms with Gasteiger partial charge in [-0.05, 0) is 49.6 Å². The van der Waals surface area contributed by atoms with Gasteiger partial charge in [-0.15, -0.1) is 0 Å². The van der Waals surface area contributed by atoms with E-state index in [1.807, 2.05) is 48.5 Å². The van der Waals surface area contributed by atoms with Crippen LogP contribution in [-0.2, 0) is 27.4 Å². The van der Waals surface area contributed by atoms with Crippen LogP contribution in [0, 0.1) is 5.92 Å². The summed E-state index contributed by atoms with van der Waals surface area (Å²) < 4.78 is 23.9. The number of fused-ring (bicyclic) bond motifs is 1. The first-order valence-electron chi connectivity index (χ1n) is 14.3. The number of esters is 1. The van der Waals surface area contributed by atoms with Gasteiger partial charge in [-0.25, -0.2) is 9.78 Å². The molecule has 0 saturated heterocycles. The quantitative estimate of drug-likeness (QED) is 0.148. The summed E-state index contributed by atoms with van der Waals surface area (Å²) in [6.07, 6.45) is 1.06. The van der Waals surface area contributed by atoms with Gasteiger partial charge in [-0.1, -0.05) is 55.8 Å². The second kappa shape index (κ2) is 14.8. The minimum Gasteiger partial charge on any atom is -0.493 e. The van der Waals surface area contributed by atoms with Crippen molar-refractivity contribution in [1.29, 1.82) is 0 Å². The van der Waals surface area contributed by atoms with Gasteiger partial charge in [-0.2, -0.15) is 0 Å². The van der Waals surface area contributed by atoms with Crippen molar-refractivity contribution >= 4 is 40.2 Å². The highest BCUT2D eigenvalue weighted by Crippen LogP contribution is 2.42. The fourth-order valence-corrected chi connectivity index (χ4v) is 5.13. The number of methoxy groups -OCH3 is 2. The van der Waals surface area contributed by atoms with Gasteiger partial charge in [0.25, 0.3) is 0 Å². The summed E-state index contributed by atoms with van der Waals surface area (Å²) in [7, 11) is 3.05. The molecule has 9 nitrogen and oxygen atoms in total. The maximum Gasteiger partial charge on any atom is 0.344 e. The molecule has 0 aliphatic carbocycles. The topological polar surface area (TPSA) is 92.1 Å². The number of nitrogens with zero attached hydrogens (tertiary/aromatic N) is 3. The molecule has 0 N–H and O–H groups in total. The van der Waals surface area contributed by atoms with E-state index in [1.54, 1.807) is 24.0 Å². The number of imidazole rings is 1. The number of hydrogen-bond acceptors (Lipinski definition) is 7. The SMILES string of the molecule is CCOC(=O)COc1ccccc1Cn1c(CN(C(=O)CCC(C)C)c2ccc(OC)c(OC)c2Cl)nc2ccccc21. The predicted molar refractivity (Wildman–Crippen MR) is 167 cm³/mol. The summed E-state index contributed by atoms with van der Waals surface area (Å²) in [5.74, 6) is 1.87. The molecule has 0 atom stereocenters. The van der Waals surface area contributed by atoms with Crippen LogP contribution < -0.4 is 19.1 Å². The first kappa shape index (κ1) is 31.7. The van der Waals surface area contributed by atoms with Crippen molar-refractivity contribution < 1.29 is 28.5 Å². The molecule has 1 heterocycles. The Hall–Kier alpha value is -4.24. The lowest BCUT2D eigenvalue weighted by atomic mass is 10.1. The number of ether oxygens (including phenoxy) is 4. The molecule has 0 aliphatic heterocycles. The van der Waals surface area contributed by atoms with Crippen LogP contribution in [0.4, 0.5) is 5.69 Å². The van der Waals surface area contributed by atoms with Gasteiger partial charge in [-0.3, -0.25) is 4.79 Å². The first-order chi connectivity index (χ1) is 20.8. The molecule has 0 fully saturated rings. The Bertz CT molecular complexity index is 1570. The van der Waals surface area contributed by atoms with Gasteiger partial charge in [0.1, 0.15) is 16.6 Å². The molecule has 1 aromatic heterocycles. The van der Waals surface area contributed by atoms with E-state index in [0.717, 1.165) is 23.0 Å². The average molecular weight is 608 g/mol. The molecule has 1 amide bonds. The molecule has 0 unspecified atom stereocenters. The van der Waals surface area contributed by atoms with E-state index < -0.39 is 5.97 Å². The predicted octanol–water partition coefficient (Wildman–Crippen LogP) is 6.67. The number of carbonyl (C=O) groups is 2. The van der Waals surface area contributed by atoms with E-state index in [9.17, 15) is 9.59 Å². The van der Waals surface area contributed by atoms with Crippen molar-refractivity contribution in [2.75, 3.05) is 32.3 Å². The highest BCUT2D eigenvalue weighted by Gasteiger charge is 2.26. The van der Waals surface area contributed by atoms with E-state index in [-0.39, 0.29) is 30.7 Å². The van der Waals surface area contributed by atoms with Crippen molar-refractivity contribution in [3.8, 4) is 17.2 Å². The van der Waals surface area contributed by atoms with E-state index in [0.29, 0.717) is 47.6 Å². The van der Waals surface area contributed by atoms with Gasteiger partial charge in [0, 0.05) is 12.0 Å². The third-order valence-corrected chi connectivity index (χ3v) is 7.34. The standard InChI is InChI=1S/C33H38ClN3O6/c1-6-42-31(39)21-43-27-14-10-7-11-23(27)19-36-25-13-9-8-12-24(25)35-29(36)20-37(30(38)18-15-22(2)3)26-16-17-28(40-4)33(41-5)32(26)34/h7-14,16-17,22H,6,15,18-21H2,1-5H3. The number of anilines is 1. The third kappa shape index (κ3) is 7.59. The number of halogens is 1. The summed E-state index contributed by atoms with van der Waals surface area (Å²) in [5.41, 5.74) is 3.03. The van der Waals surface area contributed by atoms with Crippen molar-refractivity contribution in [3.05, 3.63) is 77.1 Å². The molecule has 3 aromatic carbocycles. The molecule has 10 heteroatoms. The Morgan fingerprint density at radius 3 is 2.44 bits per heavy atom. The third-order valence-electron chi connectivity index (χ3n) is 6.98. The van der Waals surface area contributed by atoms with Crippen LogP contribution >= 0.6 is 11.6 Å². The van der Waals surface area contributed by atoms with E-state index in [2.05, 4.69) is 18.4 Å². The largest absolute Gasteiger partial charge is 0.493 e. The summed E-state index contributed by atoms with van der Waals surface area (Å²) in [6, 6.07) is 18.8. The molecule has 0 radical (unpaired) electrons. The van der Waals surface area contributed by atoms with Crippen LogP contribution in [0.5, 0.6) is 17.2 Å². The average Bonchev–Trinajstić information content (AvgIpc) is 3.35. The summed E-state index contributed by atoms with van der Waals surface area (Å²) >= 11 is 6.83. The van der Waals surface area contributed by atoms with Gasteiger partial charge < -0.3 is 28.4 Å². The Kier molecular flexibility index (Phi) is 10.9. The van der Waals surface area contributed by atoms with Crippen LogP contribution in [0.3, 0.4) is 0 Å². The number of rotatable bonds is 14. The van der Waals surface area contributed by atoms with E-state index in [4.69, 9.17) is 35.5 Å². The van der Waals surface area contributed by atoms with Crippen LogP contribution in [0.2, 0.25) is 5.02 Å². The Morgan fingerprint density at radius 2 is 1.72 bits per heavy atom. The first-order valence-corrected chi connectivity index (χ1v) is 14.7. The summed E-state index contributed by atoms with van der Waals surface area (Å²) in [4.78, 5) is 32.4. The molecule has 228 valence electrons. The van der Waals surface area contributed by atoms with Crippen LogP contribution in [-0.4, -0.2) is 48.9 Å². The zero-order chi connectivity index (χ0) is 30.9. The van der Waals surface area contributed by atoms with Gasteiger partial charge >= 0.3 is 5.97 Å². The molecule has 0 bridgehead atoms. The Labute approximate surface area is 257 Å². The molecule has 43 heavy (non-hydrogen) atoms. The lowest BCUT2D eigenvalue weighted by molar-refractivity contribution is -0.145. The Morgan fingerprint density at radius 1 is 0.977 bits per heavy atom. The van der Waals surface area contributed by atoms with Gasteiger partial charge in [0.05, 0.1) is 50.6 Å². The van der Waals surface area contributed by atoms with Crippen molar-refractivity contribution in [1.82, 2.24) is 9.55 Å². The van der Waals surface area contributed by atoms with Crippen molar-refractivity contribution in [3.63, 3.8) is 0 Å². The fraction of sp³-hybridized carbons (Fsp3) is 0.364. The monoisotopic (exact) mass is 607 g/mol. The van der Waals surface area contributed by atoms with Crippen LogP contribution in [0.1, 0.15) is 45.0 Å². The molecule has 0 spiro atoms. The number of aromatic nitrogens is 2. The number of para-hydroxylation sites is 3. The maximum absolute atomic E-state index is 13.8. The highest BCUT2D eigenvalue weighted by atomic mass is 35.5. The summed E-state index contributed by atoms with van der Waals surface area (Å²) in [6.45, 7) is 6.56. The van der Waals surface area contributed by atoms with E-state index >= 15 is 0 Å². The summed E-state index contributed by atoms with van der Waals surface area (Å²) in [5, 5.41) is 0.278. The van der Waals surface area contributed by atoms with Gasteiger partial charge in [0.2, 0.25) is 5.91 Å².